The van der Waals surface area contributed by atoms with Crippen LogP contribution in [0.25, 0.3) is 10.8 Å². The van der Waals surface area contributed by atoms with Gasteiger partial charge in [0.15, 0.2) is 0 Å². The Labute approximate surface area is 196 Å². The van der Waals surface area contributed by atoms with Gasteiger partial charge in [0.2, 0.25) is 0 Å². The molecule has 174 valence electrons. The van der Waals surface area contributed by atoms with Crippen LogP contribution in [0.3, 0.4) is 0 Å². The Morgan fingerprint density at radius 1 is 1.18 bits per heavy atom. The number of hydrogen-bond donors (Lipinski definition) is 2. The minimum Gasteiger partial charge on any atom is -0.447 e. The summed E-state index contributed by atoms with van der Waals surface area (Å²) >= 11 is 5.94. The number of aromatic nitrogens is 1. The first-order valence-electron chi connectivity index (χ1n) is 10.6. The van der Waals surface area contributed by atoms with Gasteiger partial charge >= 0.3 is 12.1 Å². The average Bonchev–Trinajstić information content (AvgIpc) is 2.82. The molecule has 0 saturated heterocycles. The van der Waals surface area contributed by atoms with Crippen molar-refractivity contribution in [3.8, 4) is 0 Å². The van der Waals surface area contributed by atoms with Crippen molar-refractivity contribution in [1.82, 2.24) is 15.2 Å². The lowest BCUT2D eigenvalue weighted by atomic mass is 10.1. The molecule has 0 aliphatic heterocycles. The van der Waals surface area contributed by atoms with Crippen LogP contribution < -0.4 is 10.6 Å². The van der Waals surface area contributed by atoms with Crippen molar-refractivity contribution in [2.45, 2.75) is 32.4 Å². The molecule has 3 rings (SSSR count). The molecule has 1 aromatic heterocycles. The zero-order valence-electron chi connectivity index (χ0n) is 18.5. The highest BCUT2D eigenvalue weighted by Gasteiger charge is 2.21. The molecule has 0 bridgehead atoms. The van der Waals surface area contributed by atoms with Gasteiger partial charge in [-0.1, -0.05) is 61.3 Å². The molecule has 0 aliphatic rings. The van der Waals surface area contributed by atoms with Crippen LogP contribution in [0, 0.1) is 5.82 Å². The molecule has 33 heavy (non-hydrogen) atoms. The van der Waals surface area contributed by atoms with Crippen LogP contribution in [0.1, 0.15) is 25.3 Å². The minimum absolute atomic E-state index is 0.0118. The number of nitrogens with one attached hydrogen (secondary N) is 2. The maximum absolute atomic E-state index is 13.6. The number of anilines is 1. The third-order valence-corrected chi connectivity index (χ3v) is 5.64. The molecule has 3 aromatic rings. The third kappa shape index (κ3) is 6.55. The first kappa shape index (κ1) is 24.3. The average molecular weight is 473 g/mol. The number of amides is 3. The van der Waals surface area contributed by atoms with Crippen molar-refractivity contribution in [2.75, 3.05) is 19.0 Å². The van der Waals surface area contributed by atoms with Crippen LogP contribution in [0.4, 0.5) is 19.8 Å². The van der Waals surface area contributed by atoms with Crippen molar-refractivity contribution in [1.29, 1.82) is 0 Å². The minimum atomic E-state index is -0.653. The van der Waals surface area contributed by atoms with E-state index in [1.54, 1.807) is 25.4 Å². The monoisotopic (exact) mass is 472 g/mol. The van der Waals surface area contributed by atoms with E-state index < -0.39 is 11.9 Å². The van der Waals surface area contributed by atoms with Gasteiger partial charge in [-0.25, -0.2) is 19.0 Å². The Bertz CT molecular complexity index is 1130. The van der Waals surface area contributed by atoms with Crippen LogP contribution in [0.2, 0.25) is 5.02 Å². The van der Waals surface area contributed by atoms with Gasteiger partial charge in [-0.15, -0.1) is 0 Å². The highest BCUT2D eigenvalue weighted by Crippen LogP contribution is 2.20. The number of rotatable bonds is 8. The summed E-state index contributed by atoms with van der Waals surface area (Å²) in [6, 6.07) is 13.2. The maximum atomic E-state index is 13.6. The summed E-state index contributed by atoms with van der Waals surface area (Å²) in [5.41, 5.74) is 0.476. The molecule has 0 spiro atoms. The molecule has 0 aliphatic carbocycles. The zero-order chi connectivity index (χ0) is 23.8. The van der Waals surface area contributed by atoms with Gasteiger partial charge in [-0.3, -0.25) is 5.32 Å². The molecular formula is C24H26ClFN4O3. The summed E-state index contributed by atoms with van der Waals surface area (Å²) in [5.74, 6) is -0.162. The number of hydrogen-bond acceptors (Lipinski definition) is 4. The van der Waals surface area contributed by atoms with Gasteiger partial charge in [-0.2, -0.15) is 0 Å². The van der Waals surface area contributed by atoms with Crippen LogP contribution in [0.5, 0.6) is 0 Å². The second kappa shape index (κ2) is 11.5. The predicted molar refractivity (Wildman–Crippen MR) is 127 cm³/mol. The van der Waals surface area contributed by atoms with Gasteiger partial charge in [0.25, 0.3) is 0 Å². The molecule has 9 heteroatoms. The zero-order valence-corrected chi connectivity index (χ0v) is 19.2. The summed E-state index contributed by atoms with van der Waals surface area (Å²) in [6.45, 7) is 2.07. The number of nitrogens with zero attached hydrogens (tertiary/aromatic N) is 2. The number of ether oxygens (including phenoxy) is 1. The first-order chi connectivity index (χ1) is 15.9. The summed E-state index contributed by atoms with van der Waals surface area (Å²) in [5, 5.41) is 7.23. The fourth-order valence-electron chi connectivity index (χ4n) is 3.33. The van der Waals surface area contributed by atoms with Crippen molar-refractivity contribution in [2.24, 2.45) is 0 Å². The number of fused-ring (bicyclic) bond motifs is 1. The van der Waals surface area contributed by atoms with E-state index in [0.717, 1.165) is 17.2 Å². The number of pyridine rings is 1. The van der Waals surface area contributed by atoms with E-state index in [0.29, 0.717) is 17.8 Å². The normalized spacial score (nSPS) is 11.6. The summed E-state index contributed by atoms with van der Waals surface area (Å²) in [6.07, 6.45) is 2.44. The summed E-state index contributed by atoms with van der Waals surface area (Å²) < 4.78 is 18.9. The lowest BCUT2D eigenvalue weighted by molar-refractivity contribution is 0.113. The number of carbonyl (C=O) groups excluding carboxylic acids is 2. The molecule has 0 fully saturated rings. The predicted octanol–water partition coefficient (Wildman–Crippen LogP) is 5.59. The third-order valence-electron chi connectivity index (χ3n) is 5.22. The largest absolute Gasteiger partial charge is 0.447 e. The lowest BCUT2D eigenvalue weighted by Crippen LogP contribution is -2.45. The highest BCUT2D eigenvalue weighted by molar-refractivity contribution is 6.31. The van der Waals surface area contributed by atoms with E-state index in [2.05, 4.69) is 15.6 Å². The number of carbonyl (C=O) groups is 2. The number of urea groups is 1. The smallest absolute Gasteiger partial charge is 0.412 e. The molecule has 7 nitrogen and oxygen atoms in total. The number of likely N-dealkylation sites (N-methyl/N-ethyl adjacent to an activating group) is 1. The molecule has 1 heterocycles. The van der Waals surface area contributed by atoms with E-state index in [-0.39, 0.29) is 30.2 Å². The van der Waals surface area contributed by atoms with E-state index >= 15 is 0 Å². The Kier molecular flexibility index (Phi) is 8.43. The Hall–Kier alpha value is -3.39. The maximum Gasteiger partial charge on any atom is 0.412 e. The van der Waals surface area contributed by atoms with E-state index in [4.69, 9.17) is 16.3 Å². The molecule has 2 aromatic carbocycles. The Morgan fingerprint density at radius 3 is 2.70 bits per heavy atom. The van der Waals surface area contributed by atoms with Gasteiger partial charge in [0.1, 0.15) is 18.2 Å². The second-order valence-corrected chi connectivity index (χ2v) is 7.94. The van der Waals surface area contributed by atoms with E-state index in [9.17, 15) is 14.0 Å². The highest BCUT2D eigenvalue weighted by atomic mass is 35.5. The first-order valence-corrected chi connectivity index (χ1v) is 11.0. The van der Waals surface area contributed by atoms with Crippen molar-refractivity contribution < 1.29 is 18.7 Å². The Morgan fingerprint density at radius 2 is 1.94 bits per heavy atom. The van der Waals surface area contributed by atoms with Crippen molar-refractivity contribution in [3.05, 3.63) is 71.1 Å². The molecule has 0 radical (unpaired) electrons. The molecular weight excluding hydrogens is 447 g/mol. The van der Waals surface area contributed by atoms with Crippen LogP contribution >= 0.6 is 11.6 Å². The van der Waals surface area contributed by atoms with Crippen LogP contribution in [-0.2, 0) is 11.3 Å². The molecule has 1 atom stereocenters. The number of benzene rings is 2. The fraction of sp³-hybridized carbons (Fsp3) is 0.292. The van der Waals surface area contributed by atoms with Crippen LogP contribution in [-0.4, -0.2) is 41.7 Å². The van der Waals surface area contributed by atoms with Crippen molar-refractivity contribution >= 4 is 40.3 Å². The van der Waals surface area contributed by atoms with E-state index in [1.807, 2.05) is 31.2 Å². The number of halogens is 2. The van der Waals surface area contributed by atoms with Gasteiger partial charge in [0.05, 0.1) is 11.1 Å². The SMILES string of the molecule is CCCC(COC(=O)Nc1cc2ccccc2cn1)N(C)C(=O)NCc1cccc(F)c1Cl. The van der Waals surface area contributed by atoms with Gasteiger partial charge < -0.3 is 15.0 Å². The second-order valence-electron chi connectivity index (χ2n) is 7.57. The summed E-state index contributed by atoms with van der Waals surface area (Å²) in [4.78, 5) is 30.6. The van der Waals surface area contributed by atoms with Crippen molar-refractivity contribution in [3.63, 3.8) is 0 Å². The topological polar surface area (TPSA) is 83.6 Å². The van der Waals surface area contributed by atoms with Crippen LogP contribution in [0.15, 0.2) is 54.7 Å². The fourth-order valence-corrected chi connectivity index (χ4v) is 3.53. The van der Waals surface area contributed by atoms with Gasteiger partial charge in [-0.05, 0) is 29.5 Å². The molecule has 0 saturated carbocycles. The van der Waals surface area contributed by atoms with Gasteiger partial charge in [0, 0.05) is 25.2 Å². The molecule has 1 unspecified atom stereocenters. The van der Waals surface area contributed by atoms with E-state index in [1.165, 1.54) is 17.0 Å². The Balaban J connectivity index is 1.54. The quantitative estimate of drug-likeness (QED) is 0.448. The lowest BCUT2D eigenvalue weighted by Gasteiger charge is -2.28. The molecule has 3 amide bonds. The standard InChI is InChI=1S/C24H26ClFN4O3/c1-3-7-19(30(2)23(31)28-14-18-10-6-11-20(26)22(18)25)15-33-24(32)29-21-12-16-8-4-5-9-17(16)13-27-21/h4-6,8-13,19H,3,7,14-15H2,1-2H3,(H,28,31)(H,27,29,32). The summed E-state index contributed by atoms with van der Waals surface area (Å²) in [7, 11) is 1.62. The molecule has 2 N–H and O–H groups in total.